The van der Waals surface area contributed by atoms with Crippen LogP contribution in [0.4, 0.5) is 0 Å². The van der Waals surface area contributed by atoms with E-state index in [-0.39, 0.29) is 29.9 Å². The Labute approximate surface area is 133 Å². The monoisotopic (exact) mass is 312 g/mol. The number of carbonyl (C=O) groups is 1. The molecule has 0 spiro atoms. The van der Waals surface area contributed by atoms with Gasteiger partial charge in [-0.2, -0.15) is 5.26 Å². The van der Waals surface area contributed by atoms with Crippen LogP contribution in [0.1, 0.15) is 34.1 Å². The molecule has 23 heavy (non-hydrogen) atoms. The van der Waals surface area contributed by atoms with Gasteiger partial charge in [0, 0.05) is 11.3 Å². The van der Waals surface area contributed by atoms with Gasteiger partial charge in [-0.1, -0.05) is 18.2 Å². The Hall–Kier alpha value is -3.07. The van der Waals surface area contributed by atoms with Gasteiger partial charge in [-0.05, 0) is 26.0 Å². The molecular formula is C17H16N2O4. The standard InChI is InChI=1S/C17H16N2O4/c1-3-22-17(21)15-11(2)19-16(20)13(9-18)14(15)10-23-12-7-5-4-6-8-12/h4-8H,3,10H2,1-2H3,(H,19,20). The molecule has 0 radical (unpaired) electrons. The number of nitrogens with one attached hydrogen (secondary N) is 1. The van der Waals surface area contributed by atoms with Gasteiger partial charge in [0.1, 0.15) is 24.0 Å². The van der Waals surface area contributed by atoms with Crippen LogP contribution >= 0.6 is 0 Å². The summed E-state index contributed by atoms with van der Waals surface area (Å²) < 4.78 is 10.6. The number of para-hydroxylation sites is 1. The molecule has 2 aromatic rings. The predicted octanol–water partition coefficient (Wildman–Crippen LogP) is 2.31. The minimum absolute atomic E-state index is 0.0776. The second-order valence-electron chi connectivity index (χ2n) is 4.74. The molecule has 0 fully saturated rings. The summed E-state index contributed by atoms with van der Waals surface area (Å²) in [5.74, 6) is -0.0199. The van der Waals surface area contributed by atoms with E-state index in [1.165, 1.54) is 0 Å². The van der Waals surface area contributed by atoms with Crippen LogP contribution in [-0.4, -0.2) is 17.6 Å². The number of carbonyl (C=O) groups excluding carboxylic acids is 1. The fourth-order valence-corrected chi connectivity index (χ4v) is 2.20. The smallest absolute Gasteiger partial charge is 0.340 e. The molecule has 6 heteroatoms. The van der Waals surface area contributed by atoms with E-state index in [2.05, 4.69) is 4.98 Å². The third kappa shape index (κ3) is 3.58. The molecule has 1 aromatic carbocycles. The number of H-pyrrole nitrogens is 1. The van der Waals surface area contributed by atoms with Gasteiger partial charge in [0.25, 0.3) is 5.56 Å². The first kappa shape index (κ1) is 16.3. The molecule has 1 heterocycles. The Kier molecular flexibility index (Phi) is 5.15. The summed E-state index contributed by atoms with van der Waals surface area (Å²) in [4.78, 5) is 26.6. The number of pyridine rings is 1. The molecule has 0 aliphatic carbocycles. The van der Waals surface area contributed by atoms with Gasteiger partial charge in [0.2, 0.25) is 0 Å². The average molecular weight is 312 g/mol. The van der Waals surface area contributed by atoms with Crippen molar-refractivity contribution in [2.45, 2.75) is 20.5 Å². The van der Waals surface area contributed by atoms with Crippen molar-refractivity contribution >= 4 is 5.97 Å². The van der Waals surface area contributed by atoms with E-state index in [0.717, 1.165) is 0 Å². The maximum absolute atomic E-state index is 12.2. The van der Waals surface area contributed by atoms with Crippen LogP contribution in [0, 0.1) is 18.3 Å². The number of nitriles is 1. The van der Waals surface area contributed by atoms with E-state index in [1.807, 2.05) is 12.1 Å². The van der Waals surface area contributed by atoms with E-state index >= 15 is 0 Å². The number of aromatic amines is 1. The highest BCUT2D eigenvalue weighted by atomic mass is 16.5. The fourth-order valence-electron chi connectivity index (χ4n) is 2.20. The van der Waals surface area contributed by atoms with Gasteiger partial charge < -0.3 is 14.5 Å². The molecule has 0 aliphatic heterocycles. The van der Waals surface area contributed by atoms with Crippen molar-refractivity contribution in [3.05, 3.63) is 63.1 Å². The first-order valence-electron chi connectivity index (χ1n) is 7.09. The topological polar surface area (TPSA) is 92.2 Å². The van der Waals surface area contributed by atoms with Crippen molar-refractivity contribution in [3.63, 3.8) is 0 Å². The van der Waals surface area contributed by atoms with Crippen LogP contribution in [0.3, 0.4) is 0 Å². The third-order valence-electron chi connectivity index (χ3n) is 3.22. The zero-order chi connectivity index (χ0) is 16.8. The van der Waals surface area contributed by atoms with Crippen LogP contribution in [0.15, 0.2) is 35.1 Å². The summed E-state index contributed by atoms with van der Waals surface area (Å²) in [7, 11) is 0. The number of rotatable bonds is 5. The highest BCUT2D eigenvalue weighted by molar-refractivity contribution is 5.92. The van der Waals surface area contributed by atoms with Crippen molar-refractivity contribution in [1.29, 1.82) is 5.26 Å². The molecule has 0 bridgehead atoms. The molecule has 6 nitrogen and oxygen atoms in total. The number of aryl methyl sites for hydroxylation is 1. The third-order valence-corrected chi connectivity index (χ3v) is 3.22. The zero-order valence-corrected chi connectivity index (χ0v) is 12.9. The summed E-state index contributed by atoms with van der Waals surface area (Å²) in [5, 5.41) is 9.25. The lowest BCUT2D eigenvalue weighted by Gasteiger charge is -2.13. The summed E-state index contributed by atoms with van der Waals surface area (Å²) in [6.07, 6.45) is 0. The van der Waals surface area contributed by atoms with Gasteiger partial charge in [-0.25, -0.2) is 4.79 Å². The van der Waals surface area contributed by atoms with E-state index < -0.39 is 11.5 Å². The number of nitrogens with zero attached hydrogens (tertiary/aromatic N) is 1. The van der Waals surface area contributed by atoms with Gasteiger partial charge in [-0.3, -0.25) is 4.79 Å². The Morgan fingerprint density at radius 2 is 2.00 bits per heavy atom. The molecule has 1 aromatic heterocycles. The number of benzene rings is 1. The SMILES string of the molecule is CCOC(=O)c1c(C)[nH]c(=O)c(C#N)c1COc1ccccc1. The molecule has 0 saturated carbocycles. The van der Waals surface area contributed by atoms with Crippen molar-refractivity contribution < 1.29 is 14.3 Å². The number of hydrogen-bond donors (Lipinski definition) is 1. The summed E-state index contributed by atoms with van der Waals surface area (Å²) in [6.45, 7) is 3.38. The molecule has 2 rings (SSSR count). The molecule has 1 N–H and O–H groups in total. The second-order valence-corrected chi connectivity index (χ2v) is 4.74. The quantitative estimate of drug-likeness (QED) is 0.855. The normalized spacial score (nSPS) is 9.96. The number of esters is 1. The minimum atomic E-state index is -0.593. The maximum atomic E-state index is 12.2. The molecule has 0 aliphatic rings. The summed E-state index contributed by atoms with van der Waals surface area (Å²) >= 11 is 0. The van der Waals surface area contributed by atoms with Crippen LogP contribution in [0.5, 0.6) is 5.75 Å². The van der Waals surface area contributed by atoms with Gasteiger partial charge in [-0.15, -0.1) is 0 Å². The van der Waals surface area contributed by atoms with Crippen molar-refractivity contribution in [1.82, 2.24) is 4.98 Å². The second kappa shape index (κ2) is 7.27. The van der Waals surface area contributed by atoms with Crippen LogP contribution < -0.4 is 10.3 Å². The highest BCUT2D eigenvalue weighted by Gasteiger charge is 2.22. The van der Waals surface area contributed by atoms with E-state index in [1.54, 1.807) is 38.1 Å². The van der Waals surface area contributed by atoms with Crippen LogP contribution in [0.2, 0.25) is 0 Å². The lowest BCUT2D eigenvalue weighted by molar-refractivity contribution is 0.0521. The van der Waals surface area contributed by atoms with Gasteiger partial charge >= 0.3 is 5.97 Å². The molecule has 0 saturated heterocycles. The highest BCUT2D eigenvalue weighted by Crippen LogP contribution is 2.19. The molecule has 0 atom stereocenters. The first-order valence-corrected chi connectivity index (χ1v) is 7.09. The Morgan fingerprint density at radius 1 is 1.30 bits per heavy atom. The summed E-state index contributed by atoms with van der Waals surface area (Å²) in [5.41, 5.74) is 0.0494. The number of hydrogen-bond acceptors (Lipinski definition) is 5. The Bertz CT molecular complexity index is 804. The van der Waals surface area contributed by atoms with Crippen LogP contribution in [-0.2, 0) is 11.3 Å². The largest absolute Gasteiger partial charge is 0.489 e. The van der Waals surface area contributed by atoms with Crippen molar-refractivity contribution in [2.75, 3.05) is 6.61 Å². The van der Waals surface area contributed by atoms with E-state index in [9.17, 15) is 14.9 Å². The van der Waals surface area contributed by atoms with Gasteiger partial charge in [0.15, 0.2) is 0 Å². The molecule has 0 unspecified atom stereocenters. The Balaban J connectivity index is 2.48. The lowest BCUT2D eigenvalue weighted by atomic mass is 10.0. The average Bonchev–Trinajstić information content (AvgIpc) is 2.53. The molecule has 118 valence electrons. The van der Waals surface area contributed by atoms with Gasteiger partial charge in [0.05, 0.1) is 12.2 Å². The van der Waals surface area contributed by atoms with E-state index in [4.69, 9.17) is 9.47 Å². The van der Waals surface area contributed by atoms with E-state index in [0.29, 0.717) is 11.4 Å². The zero-order valence-electron chi connectivity index (χ0n) is 12.9. The fraction of sp³-hybridized carbons (Fsp3) is 0.235. The van der Waals surface area contributed by atoms with Crippen molar-refractivity contribution in [2.24, 2.45) is 0 Å². The lowest BCUT2D eigenvalue weighted by Crippen LogP contribution is -2.22. The predicted molar refractivity (Wildman–Crippen MR) is 83.2 cm³/mol. The number of aromatic nitrogens is 1. The first-order chi connectivity index (χ1) is 11.1. The summed E-state index contributed by atoms with van der Waals surface area (Å²) in [6, 6.07) is 10.8. The molecular weight excluding hydrogens is 296 g/mol. The van der Waals surface area contributed by atoms with Crippen LogP contribution in [0.25, 0.3) is 0 Å². The van der Waals surface area contributed by atoms with Crippen molar-refractivity contribution in [3.8, 4) is 11.8 Å². The minimum Gasteiger partial charge on any atom is -0.489 e. The Morgan fingerprint density at radius 3 is 2.61 bits per heavy atom. The molecule has 0 amide bonds. The number of ether oxygens (including phenoxy) is 2. The maximum Gasteiger partial charge on any atom is 0.340 e.